The zero-order chi connectivity index (χ0) is 20.7. The van der Waals surface area contributed by atoms with Gasteiger partial charge in [-0.2, -0.15) is 13.2 Å². The van der Waals surface area contributed by atoms with Crippen LogP contribution in [0.1, 0.15) is 5.56 Å². The van der Waals surface area contributed by atoms with Gasteiger partial charge < -0.3 is 15.1 Å². The molecule has 0 atom stereocenters. The highest BCUT2D eigenvalue weighted by Gasteiger charge is 2.31. The molecular weight excluding hydrogens is 395 g/mol. The van der Waals surface area contributed by atoms with E-state index in [1.807, 2.05) is 29.2 Å². The monoisotopic (exact) mass is 419 g/mol. The Kier molecular flexibility index (Phi) is 7.94. The number of halogens is 4. The Hall–Kier alpha value is -2.00. The number of hydrogen-bond donors (Lipinski definition) is 1. The number of carbonyl (C=O) groups is 1. The molecule has 0 aromatic heterocycles. The summed E-state index contributed by atoms with van der Waals surface area (Å²) in [4.78, 5) is 21.0. The van der Waals surface area contributed by atoms with Gasteiger partial charge in [0, 0.05) is 51.8 Å². The SMILES string of the molecule is CN=C(NCC(=O)N(C)CC(F)(F)F)N1CCN(Cc2ccc(Cl)cc2)CC1. The molecule has 2 rings (SSSR count). The second-order valence-corrected chi connectivity index (χ2v) is 7.09. The summed E-state index contributed by atoms with van der Waals surface area (Å²) < 4.78 is 37.1. The zero-order valence-corrected chi connectivity index (χ0v) is 16.7. The van der Waals surface area contributed by atoms with E-state index < -0.39 is 18.6 Å². The molecule has 28 heavy (non-hydrogen) atoms. The summed E-state index contributed by atoms with van der Waals surface area (Å²) in [5, 5.41) is 3.57. The number of rotatable bonds is 5. The minimum atomic E-state index is -4.41. The van der Waals surface area contributed by atoms with E-state index in [4.69, 9.17) is 11.6 Å². The molecule has 6 nitrogen and oxygen atoms in total. The zero-order valence-electron chi connectivity index (χ0n) is 16.0. The number of carbonyl (C=O) groups excluding carboxylic acids is 1. The van der Waals surface area contributed by atoms with Gasteiger partial charge >= 0.3 is 6.18 Å². The van der Waals surface area contributed by atoms with Gasteiger partial charge in [0.25, 0.3) is 0 Å². The van der Waals surface area contributed by atoms with E-state index in [-0.39, 0.29) is 6.54 Å². The Morgan fingerprint density at radius 1 is 1.21 bits per heavy atom. The maximum absolute atomic E-state index is 12.4. The molecule has 0 bridgehead atoms. The molecule has 0 unspecified atom stereocenters. The number of benzene rings is 1. The van der Waals surface area contributed by atoms with Gasteiger partial charge in [-0.25, -0.2) is 0 Å². The van der Waals surface area contributed by atoms with Gasteiger partial charge in [0.15, 0.2) is 5.96 Å². The van der Waals surface area contributed by atoms with Crippen LogP contribution in [-0.4, -0.2) is 86.1 Å². The summed E-state index contributed by atoms with van der Waals surface area (Å²) in [6.07, 6.45) is -4.41. The fraction of sp³-hybridized carbons (Fsp3) is 0.556. The molecule has 1 aliphatic rings. The molecule has 1 amide bonds. The highest BCUT2D eigenvalue weighted by Crippen LogP contribution is 2.15. The van der Waals surface area contributed by atoms with E-state index in [0.717, 1.165) is 26.7 Å². The van der Waals surface area contributed by atoms with Crippen LogP contribution >= 0.6 is 11.6 Å². The van der Waals surface area contributed by atoms with Crippen molar-refractivity contribution in [1.29, 1.82) is 0 Å². The van der Waals surface area contributed by atoms with Crippen LogP contribution in [0, 0.1) is 0 Å². The molecule has 1 fully saturated rings. The van der Waals surface area contributed by atoms with Gasteiger partial charge in [-0.15, -0.1) is 0 Å². The minimum Gasteiger partial charge on any atom is -0.347 e. The van der Waals surface area contributed by atoms with E-state index in [1.165, 1.54) is 5.56 Å². The summed E-state index contributed by atoms with van der Waals surface area (Å²) >= 11 is 5.90. The van der Waals surface area contributed by atoms with Gasteiger partial charge in [0.2, 0.25) is 5.91 Å². The second kappa shape index (κ2) is 9.97. The lowest BCUT2D eigenvalue weighted by atomic mass is 10.2. The molecule has 0 saturated carbocycles. The summed E-state index contributed by atoms with van der Waals surface area (Å²) in [5.74, 6) is -0.125. The topological polar surface area (TPSA) is 51.2 Å². The van der Waals surface area contributed by atoms with Crippen LogP contribution in [0.5, 0.6) is 0 Å². The molecule has 10 heteroatoms. The summed E-state index contributed by atoms with van der Waals surface area (Å²) in [6, 6.07) is 7.73. The summed E-state index contributed by atoms with van der Waals surface area (Å²) in [7, 11) is 2.72. The van der Waals surface area contributed by atoms with Crippen molar-refractivity contribution in [1.82, 2.24) is 20.0 Å². The number of nitrogens with zero attached hydrogens (tertiary/aromatic N) is 4. The molecule has 1 heterocycles. The number of likely N-dealkylation sites (N-methyl/N-ethyl adjacent to an activating group) is 1. The van der Waals surface area contributed by atoms with Crippen LogP contribution in [0.3, 0.4) is 0 Å². The van der Waals surface area contributed by atoms with E-state index in [1.54, 1.807) is 7.05 Å². The first-order chi connectivity index (χ1) is 13.2. The van der Waals surface area contributed by atoms with Crippen molar-refractivity contribution in [2.24, 2.45) is 4.99 Å². The smallest absolute Gasteiger partial charge is 0.347 e. The molecule has 156 valence electrons. The molecule has 0 spiro atoms. The van der Waals surface area contributed by atoms with Crippen molar-refractivity contribution in [3.8, 4) is 0 Å². The Balaban J connectivity index is 1.78. The van der Waals surface area contributed by atoms with Crippen LogP contribution in [0.15, 0.2) is 29.3 Å². The molecule has 0 radical (unpaired) electrons. The van der Waals surface area contributed by atoms with Crippen molar-refractivity contribution >= 4 is 23.5 Å². The third kappa shape index (κ3) is 7.20. The number of piperazine rings is 1. The first-order valence-corrected chi connectivity index (χ1v) is 9.29. The molecule has 1 aromatic carbocycles. The number of alkyl halides is 3. The maximum Gasteiger partial charge on any atom is 0.406 e. The van der Waals surface area contributed by atoms with E-state index in [9.17, 15) is 18.0 Å². The fourth-order valence-electron chi connectivity index (χ4n) is 2.94. The van der Waals surface area contributed by atoms with Gasteiger partial charge in [-0.3, -0.25) is 14.7 Å². The summed E-state index contributed by atoms with van der Waals surface area (Å²) in [6.45, 7) is 2.35. The van der Waals surface area contributed by atoms with E-state index in [0.29, 0.717) is 29.0 Å². The number of guanidine groups is 1. The van der Waals surface area contributed by atoms with Crippen LogP contribution < -0.4 is 5.32 Å². The maximum atomic E-state index is 12.4. The Bertz CT molecular complexity index is 673. The third-order valence-electron chi connectivity index (χ3n) is 4.44. The first-order valence-electron chi connectivity index (χ1n) is 8.91. The predicted octanol–water partition coefficient (Wildman–Crippen LogP) is 2.05. The largest absolute Gasteiger partial charge is 0.406 e. The number of nitrogens with one attached hydrogen (secondary N) is 1. The summed E-state index contributed by atoms with van der Waals surface area (Å²) in [5.41, 5.74) is 1.18. The third-order valence-corrected chi connectivity index (χ3v) is 4.69. The van der Waals surface area contributed by atoms with Gasteiger partial charge in [-0.1, -0.05) is 23.7 Å². The molecule has 1 saturated heterocycles. The fourth-order valence-corrected chi connectivity index (χ4v) is 3.07. The highest BCUT2D eigenvalue weighted by molar-refractivity contribution is 6.30. The van der Waals surface area contributed by atoms with Crippen molar-refractivity contribution < 1.29 is 18.0 Å². The minimum absolute atomic E-state index is 0.232. The Labute approximate surface area is 167 Å². The van der Waals surface area contributed by atoms with E-state index in [2.05, 4.69) is 15.2 Å². The predicted molar refractivity (Wildman–Crippen MR) is 103 cm³/mol. The molecule has 1 N–H and O–H groups in total. The standard InChI is InChI=1S/C18H25ClF3N5O/c1-23-17(24-11-16(28)25(2)13-18(20,21)22)27-9-7-26(8-10-27)12-14-3-5-15(19)6-4-14/h3-6H,7-13H2,1-2H3,(H,23,24). The second-order valence-electron chi connectivity index (χ2n) is 6.66. The lowest BCUT2D eigenvalue weighted by Gasteiger charge is -2.36. The molecule has 1 aromatic rings. The molecular formula is C18H25ClF3N5O. The van der Waals surface area contributed by atoms with Crippen molar-refractivity contribution in [2.75, 3.05) is 53.4 Å². The Morgan fingerprint density at radius 2 is 1.82 bits per heavy atom. The molecule has 0 aliphatic carbocycles. The molecule has 1 aliphatic heterocycles. The van der Waals surface area contributed by atoms with Gasteiger partial charge in [0.1, 0.15) is 6.54 Å². The normalized spacial score (nSPS) is 16.2. The Morgan fingerprint density at radius 3 is 2.36 bits per heavy atom. The van der Waals surface area contributed by atoms with Crippen LogP contribution in [0.25, 0.3) is 0 Å². The average Bonchev–Trinajstić information content (AvgIpc) is 2.63. The van der Waals surface area contributed by atoms with Gasteiger partial charge in [0.05, 0.1) is 6.54 Å². The van der Waals surface area contributed by atoms with Crippen molar-refractivity contribution in [3.63, 3.8) is 0 Å². The van der Waals surface area contributed by atoms with Crippen molar-refractivity contribution in [3.05, 3.63) is 34.9 Å². The lowest BCUT2D eigenvalue weighted by Crippen LogP contribution is -2.53. The highest BCUT2D eigenvalue weighted by atomic mass is 35.5. The quantitative estimate of drug-likeness (QED) is 0.586. The number of amides is 1. The average molecular weight is 420 g/mol. The number of aliphatic imine (C=N–C) groups is 1. The van der Waals surface area contributed by atoms with Crippen LogP contribution in [-0.2, 0) is 11.3 Å². The van der Waals surface area contributed by atoms with Crippen LogP contribution in [0.4, 0.5) is 13.2 Å². The first kappa shape index (κ1) is 22.3. The van der Waals surface area contributed by atoms with Crippen molar-refractivity contribution in [2.45, 2.75) is 12.7 Å². The number of hydrogen-bond acceptors (Lipinski definition) is 3. The van der Waals surface area contributed by atoms with Crippen LogP contribution in [0.2, 0.25) is 5.02 Å². The lowest BCUT2D eigenvalue weighted by molar-refractivity contribution is -0.157. The van der Waals surface area contributed by atoms with E-state index >= 15 is 0 Å². The van der Waals surface area contributed by atoms with Gasteiger partial charge in [-0.05, 0) is 17.7 Å².